The number of hydrogen-bond acceptors (Lipinski definition) is 2. The third-order valence-corrected chi connectivity index (χ3v) is 3.70. The van der Waals surface area contributed by atoms with Gasteiger partial charge in [-0.2, -0.15) is 0 Å². The summed E-state index contributed by atoms with van der Waals surface area (Å²) in [5.74, 6) is -0.104. The maximum absolute atomic E-state index is 13.8. The minimum Gasteiger partial charge on any atom is -0.323 e. The van der Waals surface area contributed by atoms with E-state index in [-0.39, 0.29) is 17.8 Å². The fourth-order valence-corrected chi connectivity index (χ4v) is 2.76. The van der Waals surface area contributed by atoms with Crippen molar-refractivity contribution in [1.29, 1.82) is 0 Å². The minimum absolute atomic E-state index is 0.123. The van der Waals surface area contributed by atoms with E-state index < -0.39 is 0 Å². The minimum atomic E-state index is -0.317. The van der Waals surface area contributed by atoms with Gasteiger partial charge in [-0.3, -0.25) is 4.98 Å². The predicted molar refractivity (Wildman–Crippen MR) is 68.6 cm³/mol. The number of aryl methyl sites for hydroxylation is 1. The van der Waals surface area contributed by atoms with Gasteiger partial charge in [-0.15, -0.1) is 0 Å². The highest BCUT2D eigenvalue weighted by Gasteiger charge is 2.30. The second-order valence-corrected chi connectivity index (χ2v) is 4.74. The molecule has 1 heterocycles. The molecule has 2 nitrogen and oxygen atoms in total. The number of nitrogens with zero attached hydrogens (tertiary/aromatic N) is 1. The lowest BCUT2D eigenvalue weighted by atomic mass is 9.91. The van der Waals surface area contributed by atoms with Gasteiger partial charge in [0.15, 0.2) is 0 Å². The number of pyridine rings is 1. The van der Waals surface area contributed by atoms with Crippen LogP contribution in [0.4, 0.5) is 4.39 Å². The Labute approximate surface area is 106 Å². The van der Waals surface area contributed by atoms with Crippen molar-refractivity contribution >= 4 is 0 Å². The normalized spacial score (nSPS) is 19.6. The summed E-state index contributed by atoms with van der Waals surface area (Å²) in [5, 5.41) is 0. The van der Waals surface area contributed by atoms with Crippen LogP contribution in [0.3, 0.4) is 0 Å². The quantitative estimate of drug-likeness (QED) is 0.879. The lowest BCUT2D eigenvalue weighted by Crippen LogP contribution is -2.20. The molecule has 1 aromatic carbocycles. The average Bonchev–Trinajstić information content (AvgIpc) is 2.82. The molecule has 0 bridgehead atoms. The average molecular weight is 242 g/mol. The van der Waals surface area contributed by atoms with Crippen LogP contribution >= 0.6 is 0 Å². The Morgan fingerprint density at radius 3 is 2.89 bits per heavy atom. The van der Waals surface area contributed by atoms with E-state index in [1.807, 2.05) is 12.1 Å². The van der Waals surface area contributed by atoms with Gasteiger partial charge in [0.2, 0.25) is 0 Å². The van der Waals surface area contributed by atoms with Crippen LogP contribution in [0.25, 0.3) is 0 Å². The summed E-state index contributed by atoms with van der Waals surface area (Å²) in [6, 6.07) is 10.4. The molecular weight excluding hydrogens is 227 g/mol. The first-order chi connectivity index (χ1) is 8.77. The summed E-state index contributed by atoms with van der Waals surface area (Å²) < 4.78 is 13.8. The Kier molecular flexibility index (Phi) is 2.84. The standard InChI is InChI=1S/C15H15FN2/c16-13-6-2-1-5-11(13)14(17)12-8-7-10-4-3-9-18-15(10)12/h1-6,9,12,14H,7-8,17H2. The second-order valence-electron chi connectivity index (χ2n) is 4.74. The first kappa shape index (κ1) is 11.4. The Morgan fingerprint density at radius 2 is 2.06 bits per heavy atom. The van der Waals surface area contributed by atoms with Crippen LogP contribution in [-0.2, 0) is 6.42 Å². The molecule has 0 saturated carbocycles. The first-order valence-electron chi connectivity index (χ1n) is 6.21. The zero-order valence-electron chi connectivity index (χ0n) is 10.0. The topological polar surface area (TPSA) is 38.9 Å². The molecule has 0 aliphatic heterocycles. The third kappa shape index (κ3) is 1.81. The molecule has 2 atom stereocenters. The maximum Gasteiger partial charge on any atom is 0.127 e. The summed E-state index contributed by atoms with van der Waals surface area (Å²) in [6.45, 7) is 0. The fourth-order valence-electron chi connectivity index (χ4n) is 2.76. The van der Waals surface area contributed by atoms with Crippen molar-refractivity contribution in [1.82, 2.24) is 4.98 Å². The van der Waals surface area contributed by atoms with Crippen LogP contribution in [0.1, 0.15) is 35.2 Å². The van der Waals surface area contributed by atoms with E-state index in [9.17, 15) is 4.39 Å². The van der Waals surface area contributed by atoms with E-state index in [2.05, 4.69) is 11.1 Å². The molecule has 3 heteroatoms. The van der Waals surface area contributed by atoms with Gasteiger partial charge >= 0.3 is 0 Å². The molecule has 1 aliphatic carbocycles. The van der Waals surface area contributed by atoms with Gasteiger partial charge in [-0.1, -0.05) is 24.3 Å². The number of benzene rings is 1. The number of hydrogen-bond donors (Lipinski definition) is 1. The van der Waals surface area contributed by atoms with Crippen molar-refractivity contribution in [3.8, 4) is 0 Å². The van der Waals surface area contributed by atoms with Crippen molar-refractivity contribution in [2.75, 3.05) is 0 Å². The van der Waals surface area contributed by atoms with E-state index in [4.69, 9.17) is 5.73 Å². The largest absolute Gasteiger partial charge is 0.323 e. The molecule has 0 amide bonds. The summed E-state index contributed by atoms with van der Waals surface area (Å²) in [7, 11) is 0. The molecule has 0 radical (unpaired) electrons. The van der Waals surface area contributed by atoms with Crippen molar-refractivity contribution in [2.45, 2.75) is 24.8 Å². The lowest BCUT2D eigenvalue weighted by molar-refractivity contribution is 0.507. The van der Waals surface area contributed by atoms with Gasteiger partial charge in [0.1, 0.15) is 5.82 Å². The molecule has 0 spiro atoms. The van der Waals surface area contributed by atoms with E-state index in [0.717, 1.165) is 18.5 Å². The van der Waals surface area contributed by atoms with E-state index in [0.29, 0.717) is 5.56 Å². The molecule has 0 saturated heterocycles. The number of halogens is 1. The van der Waals surface area contributed by atoms with Crippen LogP contribution < -0.4 is 5.73 Å². The highest BCUT2D eigenvalue weighted by molar-refractivity contribution is 5.33. The van der Waals surface area contributed by atoms with Crippen LogP contribution in [0.5, 0.6) is 0 Å². The number of nitrogens with two attached hydrogens (primary N) is 1. The highest BCUT2D eigenvalue weighted by atomic mass is 19.1. The second kappa shape index (κ2) is 4.50. The molecular formula is C15H15FN2. The molecule has 0 fully saturated rings. The summed E-state index contributed by atoms with van der Waals surface area (Å²) in [6.07, 6.45) is 3.71. The molecule has 1 aliphatic rings. The maximum atomic E-state index is 13.8. The van der Waals surface area contributed by atoms with Crippen molar-refractivity contribution in [3.63, 3.8) is 0 Å². The molecule has 1 aromatic heterocycles. The molecule has 92 valence electrons. The Hall–Kier alpha value is -1.74. The van der Waals surface area contributed by atoms with E-state index >= 15 is 0 Å². The Balaban J connectivity index is 1.96. The number of rotatable bonds is 2. The lowest BCUT2D eigenvalue weighted by Gasteiger charge is -2.20. The van der Waals surface area contributed by atoms with Gasteiger partial charge in [0.05, 0.1) is 0 Å². The van der Waals surface area contributed by atoms with Crippen LogP contribution in [0.2, 0.25) is 0 Å². The van der Waals surface area contributed by atoms with Crippen LogP contribution in [0, 0.1) is 5.82 Å². The van der Waals surface area contributed by atoms with Gasteiger partial charge < -0.3 is 5.73 Å². The zero-order chi connectivity index (χ0) is 12.5. The summed E-state index contributed by atoms with van der Waals surface area (Å²) >= 11 is 0. The Morgan fingerprint density at radius 1 is 1.22 bits per heavy atom. The molecule has 2 N–H and O–H groups in total. The van der Waals surface area contributed by atoms with Gasteiger partial charge in [-0.25, -0.2) is 4.39 Å². The number of aromatic nitrogens is 1. The van der Waals surface area contributed by atoms with Crippen LogP contribution in [-0.4, -0.2) is 4.98 Å². The fraction of sp³-hybridized carbons (Fsp3) is 0.267. The van der Waals surface area contributed by atoms with Crippen molar-refractivity contribution in [3.05, 3.63) is 65.2 Å². The first-order valence-corrected chi connectivity index (χ1v) is 6.21. The zero-order valence-corrected chi connectivity index (χ0v) is 10.0. The third-order valence-electron chi connectivity index (χ3n) is 3.70. The van der Waals surface area contributed by atoms with Gasteiger partial charge in [0, 0.05) is 29.4 Å². The predicted octanol–water partition coefficient (Wildman–Crippen LogP) is 2.95. The van der Waals surface area contributed by atoms with E-state index in [1.54, 1.807) is 18.3 Å². The summed E-state index contributed by atoms with van der Waals surface area (Å²) in [4.78, 5) is 4.41. The van der Waals surface area contributed by atoms with Gasteiger partial charge in [0.25, 0.3) is 0 Å². The van der Waals surface area contributed by atoms with Crippen molar-refractivity contribution < 1.29 is 4.39 Å². The van der Waals surface area contributed by atoms with Gasteiger partial charge in [-0.05, 0) is 30.5 Å². The molecule has 3 rings (SSSR count). The van der Waals surface area contributed by atoms with E-state index in [1.165, 1.54) is 11.6 Å². The van der Waals surface area contributed by atoms with Crippen molar-refractivity contribution in [2.24, 2.45) is 5.73 Å². The highest BCUT2D eigenvalue weighted by Crippen LogP contribution is 2.39. The molecule has 2 unspecified atom stereocenters. The smallest absolute Gasteiger partial charge is 0.127 e. The summed E-state index contributed by atoms with van der Waals surface area (Å²) in [5.41, 5.74) is 9.10. The SMILES string of the molecule is NC(c1ccccc1F)C1CCc2cccnc21. The monoisotopic (exact) mass is 242 g/mol. The molecule has 2 aromatic rings. The van der Waals surface area contributed by atoms with Crippen LogP contribution in [0.15, 0.2) is 42.6 Å². The Bertz CT molecular complexity index is 568. The number of fused-ring (bicyclic) bond motifs is 1. The molecule has 18 heavy (non-hydrogen) atoms.